The van der Waals surface area contributed by atoms with Gasteiger partial charge in [0.2, 0.25) is 10.0 Å². The van der Waals surface area contributed by atoms with Crippen LogP contribution in [0, 0.1) is 0 Å². The molecule has 2 heterocycles. The van der Waals surface area contributed by atoms with E-state index in [1.807, 2.05) is 17.9 Å². The molecule has 1 atom stereocenters. The number of aryl methyl sites for hydroxylation is 1. The molecule has 8 heteroatoms. The van der Waals surface area contributed by atoms with Gasteiger partial charge in [-0.3, -0.25) is 4.68 Å². The fourth-order valence-electron chi connectivity index (χ4n) is 3.12. The standard InChI is InChI=1S/C16H31N5O2S/c1-4-6-7-8-10-20-11-15(17-18-20)12-21-13-16(14-24(21,22)23)19(3)9-5-2/h11,16H,4-10,12-14H2,1-3H3. The molecule has 1 aliphatic heterocycles. The minimum absolute atomic E-state index is 0.0686. The summed E-state index contributed by atoms with van der Waals surface area (Å²) in [6.45, 7) is 6.94. The van der Waals surface area contributed by atoms with Crippen LogP contribution in [0.5, 0.6) is 0 Å². The molecule has 138 valence electrons. The third kappa shape index (κ3) is 5.26. The first kappa shape index (κ1) is 19.3. The lowest BCUT2D eigenvalue weighted by atomic mass is 10.2. The van der Waals surface area contributed by atoms with Gasteiger partial charge in [-0.2, -0.15) is 4.31 Å². The van der Waals surface area contributed by atoms with E-state index < -0.39 is 10.0 Å². The van der Waals surface area contributed by atoms with Gasteiger partial charge in [-0.25, -0.2) is 8.42 Å². The molecule has 0 N–H and O–H groups in total. The monoisotopic (exact) mass is 357 g/mol. The molecule has 0 spiro atoms. The molecule has 2 rings (SSSR count). The van der Waals surface area contributed by atoms with E-state index in [-0.39, 0.29) is 11.8 Å². The number of hydrogen-bond acceptors (Lipinski definition) is 5. The first-order chi connectivity index (χ1) is 11.5. The van der Waals surface area contributed by atoms with Crippen LogP contribution in [0.2, 0.25) is 0 Å². The summed E-state index contributed by atoms with van der Waals surface area (Å²) < 4.78 is 28.1. The Kier molecular flexibility index (Phi) is 7.18. The second-order valence-electron chi connectivity index (χ2n) is 6.74. The normalized spacial score (nSPS) is 20.9. The smallest absolute Gasteiger partial charge is 0.216 e. The van der Waals surface area contributed by atoms with Crippen LogP contribution in [-0.4, -0.2) is 64.5 Å². The SMILES string of the molecule is CCCCCCn1cc(CN2CC(N(C)CCC)CS2(=O)=O)nn1. The molecule has 0 amide bonds. The van der Waals surface area contributed by atoms with E-state index in [0.29, 0.717) is 13.1 Å². The van der Waals surface area contributed by atoms with Crippen molar-refractivity contribution in [1.82, 2.24) is 24.2 Å². The summed E-state index contributed by atoms with van der Waals surface area (Å²) in [6.07, 6.45) is 7.63. The third-order valence-electron chi connectivity index (χ3n) is 4.58. The summed E-state index contributed by atoms with van der Waals surface area (Å²) in [4.78, 5) is 2.14. The van der Waals surface area contributed by atoms with Gasteiger partial charge < -0.3 is 4.90 Å². The number of sulfonamides is 1. The Morgan fingerprint density at radius 1 is 1.25 bits per heavy atom. The Bertz CT molecular complexity index is 601. The lowest BCUT2D eigenvalue weighted by molar-refractivity contribution is 0.241. The van der Waals surface area contributed by atoms with Crippen LogP contribution in [0.3, 0.4) is 0 Å². The maximum absolute atomic E-state index is 12.4. The lowest BCUT2D eigenvalue weighted by Crippen LogP contribution is -2.36. The Labute approximate surface area is 146 Å². The second-order valence-corrected chi connectivity index (χ2v) is 8.75. The van der Waals surface area contributed by atoms with Gasteiger partial charge in [0.05, 0.1) is 18.0 Å². The molecule has 0 saturated carbocycles. The summed E-state index contributed by atoms with van der Waals surface area (Å²) in [7, 11) is -1.20. The van der Waals surface area contributed by atoms with E-state index in [1.165, 1.54) is 19.3 Å². The molecule has 0 aliphatic carbocycles. The zero-order valence-corrected chi connectivity index (χ0v) is 16.0. The molecule has 1 saturated heterocycles. The second kappa shape index (κ2) is 8.92. The number of likely N-dealkylation sites (N-methyl/N-ethyl adjacent to an activating group) is 1. The highest BCUT2D eigenvalue weighted by molar-refractivity contribution is 7.89. The minimum Gasteiger partial charge on any atom is -0.301 e. The van der Waals surface area contributed by atoms with Crippen molar-refractivity contribution in [3.8, 4) is 0 Å². The molecule has 1 aromatic rings. The molecule has 1 aromatic heterocycles. The van der Waals surface area contributed by atoms with E-state index in [1.54, 1.807) is 4.31 Å². The number of rotatable bonds is 10. The predicted molar refractivity (Wildman–Crippen MR) is 95.1 cm³/mol. The van der Waals surface area contributed by atoms with Crippen LogP contribution >= 0.6 is 0 Å². The lowest BCUT2D eigenvalue weighted by Gasteiger charge is -2.22. The Hall–Kier alpha value is -0.990. The Morgan fingerprint density at radius 2 is 2.04 bits per heavy atom. The largest absolute Gasteiger partial charge is 0.301 e. The van der Waals surface area contributed by atoms with Gasteiger partial charge in [0.25, 0.3) is 0 Å². The fourth-order valence-corrected chi connectivity index (χ4v) is 4.90. The molecular weight excluding hydrogens is 326 g/mol. The van der Waals surface area contributed by atoms with Gasteiger partial charge in [-0.1, -0.05) is 38.3 Å². The van der Waals surface area contributed by atoms with Crippen LogP contribution in [-0.2, 0) is 23.1 Å². The summed E-state index contributed by atoms with van der Waals surface area (Å²) in [5.74, 6) is 0.203. The highest BCUT2D eigenvalue weighted by Gasteiger charge is 2.38. The molecule has 7 nitrogen and oxygen atoms in total. The maximum atomic E-state index is 12.4. The van der Waals surface area contributed by atoms with Crippen LogP contribution < -0.4 is 0 Å². The highest BCUT2D eigenvalue weighted by Crippen LogP contribution is 2.20. The van der Waals surface area contributed by atoms with Crippen LogP contribution in [0.1, 0.15) is 51.6 Å². The van der Waals surface area contributed by atoms with Crippen molar-refractivity contribution in [2.45, 2.75) is 65.1 Å². The minimum atomic E-state index is -3.20. The summed E-state index contributed by atoms with van der Waals surface area (Å²) in [6, 6.07) is 0.0686. The quantitative estimate of drug-likeness (QED) is 0.596. The predicted octanol–water partition coefficient (Wildman–Crippen LogP) is 1.71. The van der Waals surface area contributed by atoms with Crippen molar-refractivity contribution in [3.05, 3.63) is 11.9 Å². The van der Waals surface area contributed by atoms with Gasteiger partial charge in [-0.15, -0.1) is 5.10 Å². The molecule has 24 heavy (non-hydrogen) atoms. The molecule has 0 aromatic carbocycles. The number of unbranched alkanes of at least 4 members (excludes halogenated alkanes) is 3. The van der Waals surface area contributed by atoms with Crippen LogP contribution in [0.25, 0.3) is 0 Å². The molecule has 0 radical (unpaired) electrons. The average Bonchev–Trinajstić information content (AvgIpc) is 3.09. The van der Waals surface area contributed by atoms with Gasteiger partial charge in [0.15, 0.2) is 0 Å². The van der Waals surface area contributed by atoms with Crippen LogP contribution in [0.15, 0.2) is 6.20 Å². The fraction of sp³-hybridized carbons (Fsp3) is 0.875. The van der Waals surface area contributed by atoms with Crippen molar-refractivity contribution in [1.29, 1.82) is 0 Å². The summed E-state index contributed by atoms with van der Waals surface area (Å²) in [5, 5.41) is 8.27. The van der Waals surface area contributed by atoms with E-state index >= 15 is 0 Å². The van der Waals surface area contributed by atoms with Crippen molar-refractivity contribution in [3.63, 3.8) is 0 Å². The molecule has 1 unspecified atom stereocenters. The average molecular weight is 358 g/mol. The van der Waals surface area contributed by atoms with E-state index in [4.69, 9.17) is 0 Å². The van der Waals surface area contributed by atoms with E-state index in [9.17, 15) is 8.42 Å². The summed E-state index contributed by atoms with van der Waals surface area (Å²) >= 11 is 0. The maximum Gasteiger partial charge on any atom is 0.216 e. The first-order valence-electron chi connectivity index (χ1n) is 9.03. The van der Waals surface area contributed by atoms with E-state index in [2.05, 4.69) is 29.1 Å². The summed E-state index contributed by atoms with van der Waals surface area (Å²) in [5.41, 5.74) is 0.730. The van der Waals surface area contributed by atoms with Crippen molar-refractivity contribution in [2.75, 3.05) is 25.9 Å². The molecule has 1 aliphatic rings. The zero-order valence-electron chi connectivity index (χ0n) is 15.2. The van der Waals surface area contributed by atoms with Gasteiger partial charge >= 0.3 is 0 Å². The third-order valence-corrected chi connectivity index (χ3v) is 6.45. The number of hydrogen-bond donors (Lipinski definition) is 0. The zero-order chi connectivity index (χ0) is 17.6. The Balaban J connectivity index is 1.89. The van der Waals surface area contributed by atoms with Crippen LogP contribution in [0.4, 0.5) is 0 Å². The molecule has 1 fully saturated rings. The van der Waals surface area contributed by atoms with E-state index in [0.717, 1.165) is 31.6 Å². The van der Waals surface area contributed by atoms with Crippen molar-refractivity contribution >= 4 is 10.0 Å². The number of aromatic nitrogens is 3. The molecule has 0 bridgehead atoms. The first-order valence-corrected chi connectivity index (χ1v) is 10.6. The topological polar surface area (TPSA) is 71.3 Å². The highest BCUT2D eigenvalue weighted by atomic mass is 32.2. The van der Waals surface area contributed by atoms with Crippen molar-refractivity contribution in [2.24, 2.45) is 0 Å². The molecular formula is C16H31N5O2S. The van der Waals surface area contributed by atoms with Gasteiger partial charge in [0, 0.05) is 25.3 Å². The van der Waals surface area contributed by atoms with Crippen molar-refractivity contribution < 1.29 is 8.42 Å². The Morgan fingerprint density at radius 3 is 2.75 bits per heavy atom. The number of nitrogens with zero attached hydrogens (tertiary/aromatic N) is 5. The van der Waals surface area contributed by atoms with Gasteiger partial charge in [-0.05, 0) is 26.4 Å². The van der Waals surface area contributed by atoms with Gasteiger partial charge in [0.1, 0.15) is 0 Å².